The Hall–Kier alpha value is -0.260. The van der Waals surface area contributed by atoms with Crippen molar-refractivity contribution in [2.75, 3.05) is 0 Å². The molecule has 0 aromatic carbocycles. The maximum atomic E-state index is 2.26. The molecule has 10 heavy (non-hydrogen) atoms. The van der Waals surface area contributed by atoms with E-state index in [1.807, 2.05) is 0 Å². The molecule has 0 heteroatoms. The van der Waals surface area contributed by atoms with Crippen molar-refractivity contribution < 1.29 is 0 Å². The third kappa shape index (κ3) is 3.71. The van der Waals surface area contributed by atoms with Crippen LogP contribution in [-0.2, 0) is 0 Å². The fraction of sp³-hybridized carbons (Fsp3) is 0.800. The molecular formula is C10H20. The first-order valence-corrected chi connectivity index (χ1v) is 4.37. The molecule has 0 atom stereocenters. The van der Waals surface area contributed by atoms with Crippen LogP contribution in [0, 0.1) is 0 Å². The van der Waals surface area contributed by atoms with Crippen LogP contribution in [0.2, 0.25) is 0 Å². The van der Waals surface area contributed by atoms with Crippen molar-refractivity contribution in [1.82, 2.24) is 0 Å². The van der Waals surface area contributed by atoms with Crippen LogP contribution in [0.5, 0.6) is 0 Å². The molecule has 0 saturated heterocycles. The van der Waals surface area contributed by atoms with Crippen LogP contribution in [0.25, 0.3) is 0 Å². The molecule has 0 heterocycles. The van der Waals surface area contributed by atoms with E-state index in [0.717, 1.165) is 0 Å². The van der Waals surface area contributed by atoms with E-state index < -0.39 is 0 Å². The number of unbranched alkanes of at least 4 members (excludes halogenated alkanes) is 1. The Morgan fingerprint density at radius 2 is 1.60 bits per heavy atom. The molecule has 0 nitrogen and oxygen atoms in total. The Balaban J connectivity index is 3.68. The van der Waals surface area contributed by atoms with Gasteiger partial charge >= 0.3 is 0 Å². The normalized spacial score (nSPS) is 13.2. The van der Waals surface area contributed by atoms with E-state index in [4.69, 9.17) is 0 Å². The summed E-state index contributed by atoms with van der Waals surface area (Å²) < 4.78 is 0. The van der Waals surface area contributed by atoms with Gasteiger partial charge in [-0.15, -0.1) is 0 Å². The maximum absolute atomic E-state index is 2.26. The van der Waals surface area contributed by atoms with Gasteiger partial charge in [0.15, 0.2) is 0 Å². The molecular weight excluding hydrogens is 120 g/mol. The van der Waals surface area contributed by atoms with Gasteiger partial charge < -0.3 is 0 Å². The van der Waals surface area contributed by atoms with E-state index in [-0.39, 0.29) is 0 Å². The van der Waals surface area contributed by atoms with Crippen LogP contribution in [0.1, 0.15) is 53.4 Å². The minimum atomic E-state index is 1.22. The topological polar surface area (TPSA) is 0 Å². The van der Waals surface area contributed by atoms with Gasteiger partial charge in [-0.05, 0) is 33.1 Å². The Morgan fingerprint density at radius 1 is 1.00 bits per heavy atom. The second-order valence-corrected chi connectivity index (χ2v) is 3.02. The molecule has 0 unspecified atom stereocenters. The molecule has 0 amide bonds. The van der Waals surface area contributed by atoms with Crippen molar-refractivity contribution in [2.45, 2.75) is 53.4 Å². The first-order valence-electron chi connectivity index (χ1n) is 4.37. The molecule has 0 saturated carbocycles. The first-order chi connectivity index (χ1) is 4.72. The molecule has 0 aromatic rings. The Labute approximate surface area is 65.3 Å². The largest absolute Gasteiger partial charge is 0.0747 e. The van der Waals surface area contributed by atoms with Crippen molar-refractivity contribution in [1.29, 1.82) is 0 Å². The molecule has 60 valence electrons. The molecule has 0 aromatic heterocycles. The summed E-state index contributed by atoms with van der Waals surface area (Å²) >= 11 is 0. The third-order valence-electron chi connectivity index (χ3n) is 2.16. The predicted molar refractivity (Wildman–Crippen MR) is 48.2 cm³/mol. The highest BCUT2D eigenvalue weighted by Gasteiger charge is 1.92. The molecule has 0 N–H and O–H groups in total. The van der Waals surface area contributed by atoms with Crippen molar-refractivity contribution in [3.63, 3.8) is 0 Å². The van der Waals surface area contributed by atoms with Crippen LogP contribution < -0.4 is 0 Å². The number of allylic oxidation sites excluding steroid dienone is 2. The van der Waals surface area contributed by atoms with Crippen LogP contribution in [0.3, 0.4) is 0 Å². The minimum absolute atomic E-state index is 1.22. The molecule has 0 aliphatic carbocycles. The Morgan fingerprint density at radius 3 is 2.00 bits per heavy atom. The summed E-state index contributed by atoms with van der Waals surface area (Å²) in [5, 5.41) is 0. The number of hydrogen-bond donors (Lipinski definition) is 0. The molecule has 0 bridgehead atoms. The highest BCUT2D eigenvalue weighted by atomic mass is 14.0. The molecule has 0 aliphatic rings. The van der Waals surface area contributed by atoms with Crippen LogP contribution in [0.4, 0.5) is 0 Å². The lowest BCUT2D eigenvalue weighted by molar-refractivity contribution is 0.775. The highest BCUT2D eigenvalue weighted by molar-refractivity contribution is 5.08. The van der Waals surface area contributed by atoms with E-state index in [9.17, 15) is 0 Å². The molecule has 0 fully saturated rings. The van der Waals surface area contributed by atoms with Gasteiger partial charge in [-0.25, -0.2) is 0 Å². The summed E-state index contributed by atoms with van der Waals surface area (Å²) in [7, 11) is 0. The fourth-order valence-electron chi connectivity index (χ4n) is 0.957. The van der Waals surface area contributed by atoms with Crippen molar-refractivity contribution >= 4 is 0 Å². The summed E-state index contributed by atoms with van der Waals surface area (Å²) in [6.07, 6.45) is 5.18. The minimum Gasteiger partial charge on any atom is -0.0747 e. The number of hydrogen-bond acceptors (Lipinski definition) is 0. The van der Waals surface area contributed by atoms with E-state index in [2.05, 4.69) is 27.7 Å². The molecule has 0 radical (unpaired) electrons. The quantitative estimate of drug-likeness (QED) is 0.519. The van der Waals surface area contributed by atoms with Crippen molar-refractivity contribution in [3.05, 3.63) is 11.1 Å². The maximum Gasteiger partial charge on any atom is -0.0321 e. The third-order valence-corrected chi connectivity index (χ3v) is 2.16. The zero-order valence-corrected chi connectivity index (χ0v) is 7.83. The van der Waals surface area contributed by atoms with Gasteiger partial charge in [0.25, 0.3) is 0 Å². The summed E-state index contributed by atoms with van der Waals surface area (Å²) in [5.74, 6) is 0. The Kier molecular flexibility index (Phi) is 5.38. The SMILES string of the molecule is CCCC/C(C)=C(\C)CC. The monoisotopic (exact) mass is 140 g/mol. The summed E-state index contributed by atoms with van der Waals surface area (Å²) in [4.78, 5) is 0. The van der Waals surface area contributed by atoms with E-state index in [1.165, 1.54) is 25.7 Å². The van der Waals surface area contributed by atoms with Crippen molar-refractivity contribution in [2.24, 2.45) is 0 Å². The zero-order chi connectivity index (χ0) is 7.98. The summed E-state index contributed by atoms with van der Waals surface area (Å²) in [6.45, 7) is 8.97. The molecule has 0 rings (SSSR count). The molecule has 0 spiro atoms. The lowest BCUT2D eigenvalue weighted by atomic mass is 10.0. The van der Waals surface area contributed by atoms with Gasteiger partial charge in [-0.2, -0.15) is 0 Å². The first kappa shape index (κ1) is 9.74. The lowest BCUT2D eigenvalue weighted by Crippen LogP contribution is -1.82. The van der Waals surface area contributed by atoms with Gasteiger partial charge in [0.1, 0.15) is 0 Å². The smallest absolute Gasteiger partial charge is 0.0321 e. The predicted octanol–water partition coefficient (Wildman–Crippen LogP) is 3.92. The standard InChI is InChI=1S/C10H20/c1-5-7-8-10(4)9(3)6-2/h5-8H2,1-4H3/b10-9+. The highest BCUT2D eigenvalue weighted by Crippen LogP contribution is 2.13. The molecule has 0 aliphatic heterocycles. The average molecular weight is 140 g/mol. The fourth-order valence-corrected chi connectivity index (χ4v) is 0.957. The second-order valence-electron chi connectivity index (χ2n) is 3.02. The van der Waals surface area contributed by atoms with Gasteiger partial charge in [0.2, 0.25) is 0 Å². The zero-order valence-electron chi connectivity index (χ0n) is 7.83. The van der Waals surface area contributed by atoms with Gasteiger partial charge in [0, 0.05) is 0 Å². The van der Waals surface area contributed by atoms with Crippen LogP contribution in [0.15, 0.2) is 11.1 Å². The summed E-state index contributed by atoms with van der Waals surface area (Å²) in [6, 6.07) is 0. The Bertz CT molecular complexity index is 109. The lowest BCUT2D eigenvalue weighted by Gasteiger charge is -2.03. The van der Waals surface area contributed by atoms with Crippen LogP contribution >= 0.6 is 0 Å². The number of rotatable bonds is 4. The van der Waals surface area contributed by atoms with Gasteiger partial charge in [0.05, 0.1) is 0 Å². The summed E-state index contributed by atoms with van der Waals surface area (Å²) in [5.41, 5.74) is 3.18. The van der Waals surface area contributed by atoms with E-state index >= 15 is 0 Å². The average Bonchev–Trinajstić information content (AvgIpc) is 1.98. The van der Waals surface area contributed by atoms with Gasteiger partial charge in [-0.3, -0.25) is 0 Å². The van der Waals surface area contributed by atoms with Gasteiger partial charge in [-0.1, -0.05) is 31.4 Å². The van der Waals surface area contributed by atoms with E-state index in [0.29, 0.717) is 0 Å². The van der Waals surface area contributed by atoms with Crippen LogP contribution in [-0.4, -0.2) is 0 Å². The van der Waals surface area contributed by atoms with E-state index in [1.54, 1.807) is 11.1 Å². The second kappa shape index (κ2) is 5.52. The van der Waals surface area contributed by atoms with Crippen molar-refractivity contribution in [3.8, 4) is 0 Å².